The van der Waals surface area contributed by atoms with Crippen LogP contribution < -0.4 is 26.0 Å². The van der Waals surface area contributed by atoms with Crippen LogP contribution in [0.5, 0.6) is 5.75 Å². The number of benzene rings is 2. The predicted octanol–water partition coefficient (Wildman–Crippen LogP) is 2.70. The molecule has 3 heterocycles. The van der Waals surface area contributed by atoms with Crippen molar-refractivity contribution in [2.24, 2.45) is 0 Å². The van der Waals surface area contributed by atoms with Gasteiger partial charge in [-0.05, 0) is 55.2 Å². The van der Waals surface area contributed by atoms with Gasteiger partial charge in [-0.15, -0.1) is 0 Å². The molecule has 6 rings (SSSR count). The molecule has 1 aliphatic carbocycles. The largest absolute Gasteiger partial charge is 0.494 e. The minimum Gasteiger partial charge on any atom is -0.494 e. The number of rotatable bonds is 9. The Hall–Kier alpha value is -4.62. The maximum atomic E-state index is 14.8. The third kappa shape index (κ3) is 5.60. The molecule has 224 valence electrons. The van der Waals surface area contributed by atoms with Gasteiger partial charge in [0.2, 0.25) is 11.7 Å². The van der Waals surface area contributed by atoms with Crippen LogP contribution in [0.2, 0.25) is 0 Å². The molecule has 2 aromatic carbocycles. The highest BCUT2D eigenvalue weighted by atomic mass is 19.2. The van der Waals surface area contributed by atoms with E-state index in [0.29, 0.717) is 54.2 Å². The number of nitrogens with one attached hydrogen (secondary N) is 4. The number of nitrogens with zero attached hydrogens (tertiary/aromatic N) is 3. The van der Waals surface area contributed by atoms with Crippen molar-refractivity contribution < 1.29 is 28.2 Å². The van der Waals surface area contributed by atoms with Crippen LogP contribution in [0.25, 0.3) is 16.9 Å². The number of hydrogen-bond acceptors (Lipinski definition) is 8. The molecule has 0 spiro atoms. The second kappa shape index (κ2) is 11.6. The first-order chi connectivity index (χ1) is 20.8. The molecule has 2 aromatic heterocycles. The second-order valence-corrected chi connectivity index (χ2v) is 10.7. The predicted molar refractivity (Wildman–Crippen MR) is 154 cm³/mol. The summed E-state index contributed by atoms with van der Waals surface area (Å²) in [6, 6.07) is 7.40. The molecule has 0 radical (unpaired) electrons. The van der Waals surface area contributed by atoms with E-state index in [-0.39, 0.29) is 35.2 Å². The van der Waals surface area contributed by atoms with Gasteiger partial charge in [0.1, 0.15) is 0 Å². The number of aryl methyl sites for hydroxylation is 1. The Morgan fingerprint density at radius 2 is 1.93 bits per heavy atom. The number of fused-ring (bicyclic) bond motifs is 1. The van der Waals surface area contributed by atoms with E-state index >= 15 is 0 Å². The SMILES string of the molecule is CCc1cc(Nc2nccn3c(-c4ccc(OC)c(F)c4F)cnc23)ccc1C(=O)NC1CC1NC(=O)C1CC(O)CN1. The van der Waals surface area contributed by atoms with Crippen LogP contribution >= 0.6 is 0 Å². The molecule has 1 aliphatic heterocycles. The molecule has 13 heteroatoms. The average Bonchev–Trinajstić information content (AvgIpc) is 3.35. The van der Waals surface area contributed by atoms with E-state index in [0.717, 1.165) is 5.56 Å². The summed E-state index contributed by atoms with van der Waals surface area (Å²) in [5, 5.41) is 21.8. The van der Waals surface area contributed by atoms with Gasteiger partial charge in [0, 0.05) is 35.8 Å². The number of aliphatic hydroxyl groups excluding tert-OH is 1. The minimum absolute atomic E-state index is 0.0260. The highest BCUT2D eigenvalue weighted by Gasteiger charge is 2.41. The standard InChI is InChI=1S/C30H31F2N7O4/c1-3-15-10-16(4-5-18(15)29(41)37-20-12-21(20)38-30(42)22-11-17(40)13-34-22)36-27-28-35-14-23(39(28)9-8-33-27)19-6-7-24(43-2)26(32)25(19)31/h4-10,14,17,20-22,34,40H,3,11-13H2,1-2H3,(H,33,36)(H,37,41)(H,38,42). The Bertz CT molecular complexity index is 1710. The first-order valence-corrected chi connectivity index (χ1v) is 14.0. The normalized spacial score (nSPS) is 21.0. The molecule has 0 bridgehead atoms. The number of anilines is 2. The maximum absolute atomic E-state index is 14.8. The summed E-state index contributed by atoms with van der Waals surface area (Å²) in [7, 11) is 1.27. The van der Waals surface area contributed by atoms with Gasteiger partial charge in [0.25, 0.3) is 5.91 Å². The van der Waals surface area contributed by atoms with E-state index in [4.69, 9.17) is 4.74 Å². The highest BCUT2D eigenvalue weighted by Crippen LogP contribution is 2.32. The van der Waals surface area contributed by atoms with E-state index in [1.165, 1.54) is 31.6 Å². The van der Waals surface area contributed by atoms with Gasteiger partial charge in [-0.1, -0.05) is 6.92 Å². The molecule has 1 saturated carbocycles. The zero-order valence-electron chi connectivity index (χ0n) is 23.5. The number of carbonyl (C=O) groups excluding carboxylic acids is 2. The van der Waals surface area contributed by atoms with E-state index in [1.807, 2.05) is 13.0 Å². The quantitative estimate of drug-likeness (QED) is 0.200. The monoisotopic (exact) mass is 591 g/mol. The molecule has 2 aliphatic rings. The van der Waals surface area contributed by atoms with Crippen LogP contribution in [0.4, 0.5) is 20.3 Å². The smallest absolute Gasteiger partial charge is 0.251 e. The van der Waals surface area contributed by atoms with Gasteiger partial charge in [0.15, 0.2) is 23.0 Å². The molecule has 2 fully saturated rings. The van der Waals surface area contributed by atoms with Crippen molar-refractivity contribution in [3.05, 3.63) is 71.7 Å². The van der Waals surface area contributed by atoms with E-state index in [9.17, 15) is 23.5 Å². The Morgan fingerprint density at radius 3 is 2.67 bits per heavy atom. The lowest BCUT2D eigenvalue weighted by atomic mass is 10.0. The summed E-state index contributed by atoms with van der Waals surface area (Å²) < 4.78 is 35.7. The molecular weight excluding hydrogens is 560 g/mol. The van der Waals surface area contributed by atoms with Crippen LogP contribution in [0.15, 0.2) is 48.9 Å². The fraction of sp³-hybridized carbons (Fsp3) is 0.333. The third-order valence-electron chi connectivity index (χ3n) is 7.82. The van der Waals surface area contributed by atoms with Crippen molar-refractivity contribution in [3.8, 4) is 17.0 Å². The van der Waals surface area contributed by atoms with Crippen molar-refractivity contribution in [1.29, 1.82) is 0 Å². The van der Waals surface area contributed by atoms with Crippen LogP contribution in [-0.2, 0) is 11.2 Å². The summed E-state index contributed by atoms with van der Waals surface area (Å²) in [5.41, 5.74) is 2.77. The van der Waals surface area contributed by atoms with Crippen molar-refractivity contribution in [2.45, 2.75) is 50.4 Å². The summed E-state index contributed by atoms with van der Waals surface area (Å²) >= 11 is 0. The van der Waals surface area contributed by atoms with Gasteiger partial charge >= 0.3 is 0 Å². The fourth-order valence-electron chi connectivity index (χ4n) is 5.38. The lowest BCUT2D eigenvalue weighted by Gasteiger charge is -2.14. The molecule has 4 aromatic rings. The Balaban J connectivity index is 1.15. The van der Waals surface area contributed by atoms with Crippen LogP contribution in [0.1, 0.15) is 35.7 Å². The molecule has 4 atom stereocenters. The number of β-amino-alcohol motifs (C(OH)–C–C–N with tert-alkyl or cyclic N) is 1. The molecule has 11 nitrogen and oxygen atoms in total. The number of halogens is 2. The fourth-order valence-corrected chi connectivity index (χ4v) is 5.38. The van der Waals surface area contributed by atoms with Crippen molar-refractivity contribution in [2.75, 3.05) is 19.0 Å². The van der Waals surface area contributed by atoms with Crippen LogP contribution in [-0.4, -0.2) is 69.2 Å². The Morgan fingerprint density at radius 1 is 1.12 bits per heavy atom. The highest BCUT2D eigenvalue weighted by molar-refractivity contribution is 5.97. The number of aliphatic hydroxyl groups is 1. The molecule has 5 N–H and O–H groups in total. The summed E-state index contributed by atoms with van der Waals surface area (Å²) in [4.78, 5) is 34.3. The number of hydrogen-bond donors (Lipinski definition) is 5. The van der Waals surface area contributed by atoms with E-state index in [2.05, 4.69) is 31.2 Å². The third-order valence-corrected chi connectivity index (χ3v) is 7.82. The topological polar surface area (TPSA) is 142 Å². The van der Waals surface area contributed by atoms with Crippen molar-refractivity contribution in [3.63, 3.8) is 0 Å². The van der Waals surface area contributed by atoms with Gasteiger partial charge in [-0.2, -0.15) is 4.39 Å². The lowest BCUT2D eigenvalue weighted by molar-refractivity contribution is -0.123. The molecule has 43 heavy (non-hydrogen) atoms. The zero-order chi connectivity index (χ0) is 30.2. The molecule has 2 amide bonds. The van der Waals surface area contributed by atoms with E-state index in [1.54, 1.807) is 22.7 Å². The maximum Gasteiger partial charge on any atom is 0.251 e. The van der Waals surface area contributed by atoms with Crippen LogP contribution in [0, 0.1) is 11.6 Å². The number of imidazole rings is 1. The number of amides is 2. The van der Waals surface area contributed by atoms with Crippen molar-refractivity contribution in [1.82, 2.24) is 30.3 Å². The number of methoxy groups -OCH3 is 1. The van der Waals surface area contributed by atoms with Crippen LogP contribution in [0.3, 0.4) is 0 Å². The second-order valence-electron chi connectivity index (χ2n) is 10.7. The minimum atomic E-state index is -1.08. The number of carbonyl (C=O) groups is 2. The van der Waals surface area contributed by atoms with Crippen molar-refractivity contribution >= 4 is 29.0 Å². The summed E-state index contributed by atoms with van der Waals surface area (Å²) in [6.45, 7) is 2.34. The number of ether oxygens (including phenoxy) is 1. The summed E-state index contributed by atoms with van der Waals surface area (Å²) in [6.07, 6.45) is 5.66. The Labute approximate surface area is 245 Å². The molecule has 1 saturated heterocycles. The van der Waals surface area contributed by atoms with Gasteiger partial charge < -0.3 is 31.1 Å². The molecule has 4 unspecified atom stereocenters. The van der Waals surface area contributed by atoms with Gasteiger partial charge in [0.05, 0.1) is 43.2 Å². The molecular formula is C30H31F2N7O4. The Kier molecular flexibility index (Phi) is 7.67. The van der Waals surface area contributed by atoms with Gasteiger partial charge in [-0.25, -0.2) is 14.4 Å². The zero-order valence-corrected chi connectivity index (χ0v) is 23.5. The average molecular weight is 592 g/mol. The first-order valence-electron chi connectivity index (χ1n) is 14.0. The lowest BCUT2D eigenvalue weighted by Crippen LogP contribution is -2.43. The van der Waals surface area contributed by atoms with Gasteiger partial charge in [-0.3, -0.25) is 14.0 Å². The number of aromatic nitrogens is 3. The summed E-state index contributed by atoms with van der Waals surface area (Å²) in [5.74, 6) is -2.32. The van der Waals surface area contributed by atoms with E-state index < -0.39 is 23.8 Å². The first kappa shape index (κ1) is 28.5.